The normalized spacial score (nSPS) is 12.9. The van der Waals surface area contributed by atoms with E-state index in [0.29, 0.717) is 0 Å². The van der Waals surface area contributed by atoms with Crippen LogP contribution in [0.2, 0.25) is 0 Å². The van der Waals surface area contributed by atoms with Crippen LogP contribution in [0.15, 0.2) is 14.7 Å². The van der Waals surface area contributed by atoms with E-state index < -0.39 is 59.9 Å². The molecule has 0 aromatic heterocycles. The molecule has 0 fully saturated rings. The molecular formula is C7H6IN2O9S3+. The summed E-state index contributed by atoms with van der Waals surface area (Å²) < 4.78 is 94.4. The lowest BCUT2D eigenvalue weighted by molar-refractivity contribution is 0.463. The van der Waals surface area contributed by atoms with Crippen molar-refractivity contribution in [2.45, 2.75) is 21.6 Å². The Morgan fingerprint density at radius 3 is 1.50 bits per heavy atom. The second kappa shape index (κ2) is 5.63. The lowest BCUT2D eigenvalue weighted by Crippen LogP contribution is -2.16. The van der Waals surface area contributed by atoms with Crippen LogP contribution in [0.1, 0.15) is 5.56 Å². The standard InChI is InChI=1S/C7H5IN2O9S3/c1-2-4(10-9)7(22(17,18)19)6(21(14,15)16)3(8)5(2)20(11,12)13/h1H3,(H2-,11,12,13,14,15,16,17,18,19)/p+1. The third kappa shape index (κ3) is 3.37. The third-order valence-corrected chi connectivity index (χ3v) is 7.19. The zero-order valence-corrected chi connectivity index (χ0v) is 14.9. The van der Waals surface area contributed by atoms with E-state index in [1.807, 2.05) is 0 Å². The van der Waals surface area contributed by atoms with E-state index in [2.05, 4.69) is 4.98 Å². The van der Waals surface area contributed by atoms with E-state index in [1.54, 1.807) is 0 Å². The van der Waals surface area contributed by atoms with E-state index in [9.17, 15) is 25.3 Å². The minimum Gasteiger partial charge on any atom is -0.282 e. The second-order valence-electron chi connectivity index (χ2n) is 3.80. The number of hydrogen-bond acceptors (Lipinski definition) is 7. The van der Waals surface area contributed by atoms with Crippen LogP contribution < -0.4 is 0 Å². The van der Waals surface area contributed by atoms with E-state index >= 15 is 0 Å². The quantitative estimate of drug-likeness (QED) is 0.314. The molecule has 0 radical (unpaired) electrons. The number of hydrogen-bond donors (Lipinski definition) is 3. The van der Waals surface area contributed by atoms with Gasteiger partial charge in [-0.2, -0.15) is 25.3 Å². The van der Waals surface area contributed by atoms with Crippen LogP contribution in [0.4, 0.5) is 5.69 Å². The van der Waals surface area contributed by atoms with Crippen LogP contribution in [0.5, 0.6) is 0 Å². The largest absolute Gasteiger partial charge is 0.411 e. The Labute approximate surface area is 138 Å². The van der Waals surface area contributed by atoms with Gasteiger partial charge in [0.2, 0.25) is 10.3 Å². The van der Waals surface area contributed by atoms with Crippen LogP contribution in [0.3, 0.4) is 0 Å². The van der Waals surface area contributed by atoms with E-state index in [1.165, 1.54) is 0 Å². The summed E-state index contributed by atoms with van der Waals surface area (Å²) in [7, 11) is -15.8. The number of benzene rings is 1. The Morgan fingerprint density at radius 2 is 1.23 bits per heavy atom. The maximum atomic E-state index is 11.4. The molecule has 0 unspecified atom stereocenters. The molecule has 0 aliphatic carbocycles. The van der Waals surface area contributed by atoms with Gasteiger partial charge < -0.3 is 0 Å². The highest BCUT2D eigenvalue weighted by Gasteiger charge is 2.42. The van der Waals surface area contributed by atoms with Crippen LogP contribution in [-0.4, -0.2) is 38.9 Å². The first-order valence-corrected chi connectivity index (χ1v) is 10.2. The van der Waals surface area contributed by atoms with Crippen LogP contribution in [-0.2, 0) is 30.4 Å². The molecule has 22 heavy (non-hydrogen) atoms. The van der Waals surface area contributed by atoms with Crippen molar-refractivity contribution in [1.82, 2.24) is 0 Å². The van der Waals surface area contributed by atoms with Gasteiger partial charge in [0.05, 0.1) is 9.13 Å². The summed E-state index contributed by atoms with van der Waals surface area (Å²) in [4.78, 5) is -1.73. The zero-order valence-electron chi connectivity index (χ0n) is 10.3. The van der Waals surface area contributed by atoms with Gasteiger partial charge in [0.1, 0.15) is 9.79 Å². The van der Waals surface area contributed by atoms with Gasteiger partial charge in [-0.05, 0) is 29.5 Å². The molecule has 1 aromatic rings. The van der Waals surface area contributed by atoms with Crippen LogP contribution >= 0.6 is 22.6 Å². The highest BCUT2D eigenvalue weighted by atomic mass is 127. The maximum Gasteiger partial charge on any atom is 0.411 e. The van der Waals surface area contributed by atoms with Gasteiger partial charge in [-0.15, -0.1) is 0 Å². The smallest absolute Gasteiger partial charge is 0.282 e. The first kappa shape index (κ1) is 19.1. The fourth-order valence-electron chi connectivity index (χ4n) is 1.65. The SMILES string of the molecule is Cc1c([N+]#N)c(S(=O)(=O)O)c(S(=O)(=O)O)c(I)c1S(=O)(=O)O. The van der Waals surface area contributed by atoms with Gasteiger partial charge in [-0.1, -0.05) is 0 Å². The number of halogens is 1. The van der Waals surface area contributed by atoms with Crippen molar-refractivity contribution >= 4 is 58.6 Å². The minimum absolute atomic E-state index is 0.658. The van der Waals surface area contributed by atoms with Gasteiger partial charge in [0.15, 0.2) is 4.98 Å². The van der Waals surface area contributed by atoms with Crippen molar-refractivity contribution in [3.8, 4) is 0 Å². The molecule has 0 aliphatic heterocycles. The second-order valence-corrected chi connectivity index (χ2v) is 8.95. The van der Waals surface area contributed by atoms with Crippen molar-refractivity contribution in [1.29, 1.82) is 5.39 Å². The lowest BCUT2D eigenvalue weighted by Gasteiger charge is -2.10. The Kier molecular flexibility index (Phi) is 4.90. The number of rotatable bonds is 3. The van der Waals surface area contributed by atoms with Crippen LogP contribution in [0, 0.1) is 15.9 Å². The van der Waals surface area contributed by atoms with Gasteiger partial charge in [0.25, 0.3) is 20.2 Å². The summed E-state index contributed by atoms with van der Waals surface area (Å²) in [6, 6.07) is 0. The van der Waals surface area contributed by atoms with Crippen molar-refractivity contribution in [2.24, 2.45) is 0 Å². The fourth-order valence-corrected chi connectivity index (χ4v) is 7.12. The molecule has 11 nitrogen and oxygen atoms in total. The first-order chi connectivity index (χ1) is 9.64. The van der Waals surface area contributed by atoms with E-state index in [4.69, 9.17) is 19.1 Å². The fraction of sp³-hybridized carbons (Fsp3) is 0.143. The highest BCUT2D eigenvalue weighted by Crippen LogP contribution is 2.41. The topological polar surface area (TPSA) is 191 Å². The zero-order chi connectivity index (χ0) is 17.7. The summed E-state index contributed by atoms with van der Waals surface area (Å²) in [6.07, 6.45) is 0. The van der Waals surface area contributed by atoms with Gasteiger partial charge in [0, 0.05) is 0 Å². The molecule has 0 saturated carbocycles. The van der Waals surface area contributed by atoms with Crippen molar-refractivity contribution in [3.05, 3.63) is 14.1 Å². The Balaban J connectivity index is 4.49. The molecule has 3 N–H and O–H groups in total. The average molecular weight is 485 g/mol. The predicted molar refractivity (Wildman–Crippen MR) is 78.1 cm³/mol. The summed E-state index contributed by atoms with van der Waals surface area (Å²) in [5, 5.41) is 8.83. The number of nitrogens with zero attached hydrogens (tertiary/aromatic N) is 2. The van der Waals surface area contributed by atoms with Crippen molar-refractivity contribution in [2.75, 3.05) is 0 Å². The molecule has 0 atom stereocenters. The molecular weight excluding hydrogens is 479 g/mol. The van der Waals surface area contributed by atoms with Crippen LogP contribution in [0.25, 0.3) is 4.98 Å². The third-order valence-electron chi connectivity index (χ3n) is 2.39. The minimum atomic E-state index is -5.37. The first-order valence-electron chi connectivity index (χ1n) is 4.77. The molecule has 0 aliphatic rings. The van der Waals surface area contributed by atoms with E-state index in [0.717, 1.165) is 29.5 Å². The highest BCUT2D eigenvalue weighted by molar-refractivity contribution is 14.1. The molecule has 0 heterocycles. The molecule has 0 saturated heterocycles. The predicted octanol–water partition coefficient (Wildman–Crippen LogP) is 0.824. The maximum absolute atomic E-state index is 11.4. The van der Waals surface area contributed by atoms with Gasteiger partial charge in [-0.3, -0.25) is 13.7 Å². The summed E-state index contributed by atoms with van der Waals surface area (Å²) in [5.74, 6) is 0. The molecule has 0 spiro atoms. The molecule has 15 heteroatoms. The molecule has 0 amide bonds. The molecule has 1 rings (SSSR count). The monoisotopic (exact) mass is 485 g/mol. The van der Waals surface area contributed by atoms with Gasteiger partial charge in [-0.25, -0.2) is 0 Å². The van der Waals surface area contributed by atoms with Gasteiger partial charge >= 0.3 is 15.8 Å². The molecule has 1 aromatic carbocycles. The van der Waals surface area contributed by atoms with Crippen molar-refractivity contribution < 1.29 is 38.9 Å². The molecule has 122 valence electrons. The summed E-state index contributed by atoms with van der Waals surface area (Å²) in [5.41, 5.74) is -1.82. The summed E-state index contributed by atoms with van der Waals surface area (Å²) >= 11 is 1.04. The Morgan fingerprint density at radius 1 is 0.864 bits per heavy atom. The van der Waals surface area contributed by atoms with E-state index in [-0.39, 0.29) is 0 Å². The van der Waals surface area contributed by atoms with Crippen molar-refractivity contribution in [3.63, 3.8) is 0 Å². The lowest BCUT2D eigenvalue weighted by atomic mass is 10.2. The average Bonchev–Trinajstić information content (AvgIpc) is 2.22. The molecule has 0 bridgehead atoms. The summed E-state index contributed by atoms with van der Waals surface area (Å²) in [6.45, 7) is 0.892. The Bertz CT molecular complexity index is 1020. The Hall–Kier alpha value is -0.900. The number of diazo groups is 1.